The number of amides is 1. The van der Waals surface area contributed by atoms with Crippen molar-refractivity contribution in [2.75, 3.05) is 0 Å². The molecule has 1 amide bonds. The average Bonchev–Trinajstić information content (AvgIpc) is 2.43. The van der Waals surface area contributed by atoms with Crippen LogP contribution in [0.1, 0.15) is 11.3 Å². The van der Waals surface area contributed by atoms with E-state index >= 15 is 0 Å². The van der Waals surface area contributed by atoms with Crippen molar-refractivity contribution in [2.45, 2.75) is 13.3 Å². The molecule has 1 aromatic heterocycles. The van der Waals surface area contributed by atoms with Crippen molar-refractivity contribution in [2.24, 2.45) is 5.73 Å². The molecule has 2 rings (SSSR count). The molecule has 0 saturated heterocycles. The average molecular weight is 204 g/mol. The van der Waals surface area contributed by atoms with Crippen molar-refractivity contribution in [3.63, 3.8) is 0 Å². The van der Waals surface area contributed by atoms with E-state index in [1.165, 1.54) is 0 Å². The van der Waals surface area contributed by atoms with Crippen molar-refractivity contribution in [1.29, 1.82) is 0 Å². The van der Waals surface area contributed by atoms with E-state index < -0.39 is 0 Å². The van der Waals surface area contributed by atoms with E-state index in [2.05, 4.69) is 4.98 Å². The summed E-state index contributed by atoms with van der Waals surface area (Å²) >= 11 is 0. The van der Waals surface area contributed by atoms with Crippen molar-refractivity contribution >= 4 is 16.8 Å². The highest BCUT2D eigenvalue weighted by Gasteiger charge is 2.10. The molecule has 4 heteroatoms. The van der Waals surface area contributed by atoms with E-state index in [1.54, 1.807) is 18.2 Å². The summed E-state index contributed by atoms with van der Waals surface area (Å²) in [5.74, 6) is -0.186. The Balaban J connectivity index is 2.65. The number of phenolic OH excluding ortho intramolecular Hbond substituents is 1. The molecule has 0 bridgehead atoms. The molecule has 4 nitrogen and oxygen atoms in total. The lowest BCUT2D eigenvalue weighted by Crippen LogP contribution is -2.13. The predicted molar refractivity (Wildman–Crippen MR) is 57.6 cm³/mol. The van der Waals surface area contributed by atoms with Crippen LogP contribution in [0.4, 0.5) is 0 Å². The van der Waals surface area contributed by atoms with Gasteiger partial charge in [-0.25, -0.2) is 0 Å². The molecular formula is C11H12N2O2. The van der Waals surface area contributed by atoms with Crippen LogP contribution in [0.25, 0.3) is 10.9 Å². The molecule has 0 radical (unpaired) electrons. The first-order chi connectivity index (χ1) is 7.08. The predicted octanol–water partition coefficient (Wildman–Crippen LogP) is 1.21. The van der Waals surface area contributed by atoms with Crippen LogP contribution >= 0.6 is 0 Å². The molecule has 4 N–H and O–H groups in total. The van der Waals surface area contributed by atoms with Crippen LogP contribution in [-0.2, 0) is 11.2 Å². The maximum absolute atomic E-state index is 10.9. The summed E-state index contributed by atoms with van der Waals surface area (Å²) in [5, 5.41) is 10.2. The van der Waals surface area contributed by atoms with Crippen molar-refractivity contribution in [3.05, 3.63) is 29.5 Å². The number of nitrogens with two attached hydrogens (primary N) is 1. The molecule has 78 valence electrons. The number of hydrogen-bond donors (Lipinski definition) is 3. The number of aromatic nitrogens is 1. The molecular weight excluding hydrogens is 192 g/mol. The standard InChI is InChI=1S/C11H12N2O2/c1-6-8(5-11(12)15)9-4-7(14)2-3-10(9)13-6/h2-4,13-14H,5H2,1H3,(H2,12,15). The number of fused-ring (bicyclic) bond motifs is 1. The molecule has 0 saturated carbocycles. The number of benzene rings is 1. The van der Waals surface area contributed by atoms with Gasteiger partial charge in [0.25, 0.3) is 0 Å². The van der Waals surface area contributed by atoms with Crippen molar-refractivity contribution < 1.29 is 9.90 Å². The first-order valence-electron chi connectivity index (χ1n) is 4.66. The van der Waals surface area contributed by atoms with Gasteiger partial charge in [-0.3, -0.25) is 4.79 Å². The molecule has 0 fully saturated rings. The van der Waals surface area contributed by atoms with Gasteiger partial charge in [0.05, 0.1) is 6.42 Å². The minimum absolute atomic E-state index is 0.187. The Hall–Kier alpha value is -1.97. The van der Waals surface area contributed by atoms with E-state index in [0.29, 0.717) is 0 Å². The molecule has 0 aliphatic heterocycles. The van der Waals surface area contributed by atoms with Crippen LogP contribution in [0.5, 0.6) is 5.75 Å². The fraction of sp³-hybridized carbons (Fsp3) is 0.182. The lowest BCUT2D eigenvalue weighted by atomic mass is 10.1. The van der Waals surface area contributed by atoms with E-state index in [9.17, 15) is 9.90 Å². The Morgan fingerprint density at radius 3 is 2.93 bits per heavy atom. The fourth-order valence-electron chi connectivity index (χ4n) is 1.77. The number of rotatable bonds is 2. The van der Waals surface area contributed by atoms with E-state index in [0.717, 1.165) is 22.2 Å². The van der Waals surface area contributed by atoms with Crippen molar-refractivity contribution in [1.82, 2.24) is 4.98 Å². The number of H-pyrrole nitrogens is 1. The molecule has 2 aromatic rings. The molecule has 0 aliphatic carbocycles. The Morgan fingerprint density at radius 2 is 2.27 bits per heavy atom. The molecule has 0 atom stereocenters. The van der Waals surface area contributed by atoms with Gasteiger partial charge >= 0.3 is 0 Å². The number of aromatic amines is 1. The fourth-order valence-corrected chi connectivity index (χ4v) is 1.77. The summed E-state index contributed by atoms with van der Waals surface area (Å²) < 4.78 is 0. The highest BCUT2D eigenvalue weighted by Crippen LogP contribution is 2.25. The maximum atomic E-state index is 10.9. The zero-order valence-electron chi connectivity index (χ0n) is 8.37. The number of hydrogen-bond acceptors (Lipinski definition) is 2. The Bertz CT molecular complexity index is 529. The van der Waals surface area contributed by atoms with Gasteiger partial charge in [-0.05, 0) is 30.7 Å². The Morgan fingerprint density at radius 1 is 1.53 bits per heavy atom. The summed E-state index contributed by atoms with van der Waals surface area (Å²) in [6.07, 6.45) is 0.190. The Labute approximate surface area is 86.7 Å². The lowest BCUT2D eigenvalue weighted by molar-refractivity contribution is -0.117. The molecule has 15 heavy (non-hydrogen) atoms. The van der Waals surface area contributed by atoms with Gasteiger partial charge in [-0.15, -0.1) is 0 Å². The molecule has 0 aliphatic rings. The largest absolute Gasteiger partial charge is 0.508 e. The summed E-state index contributed by atoms with van der Waals surface area (Å²) in [7, 11) is 0. The van der Waals surface area contributed by atoms with Crippen molar-refractivity contribution in [3.8, 4) is 5.75 Å². The monoisotopic (exact) mass is 204 g/mol. The number of phenols is 1. The summed E-state index contributed by atoms with van der Waals surface area (Å²) in [4.78, 5) is 14.0. The minimum atomic E-state index is -0.373. The summed E-state index contributed by atoms with van der Waals surface area (Å²) in [6, 6.07) is 5.02. The topological polar surface area (TPSA) is 79.1 Å². The molecule has 0 spiro atoms. The third kappa shape index (κ3) is 1.66. The summed E-state index contributed by atoms with van der Waals surface area (Å²) in [5.41, 5.74) is 7.84. The SMILES string of the molecule is Cc1[nH]c2ccc(O)cc2c1CC(N)=O. The van der Waals surface area contributed by atoms with Gasteiger partial charge in [0.1, 0.15) is 5.75 Å². The molecule has 1 heterocycles. The molecule has 1 aromatic carbocycles. The maximum Gasteiger partial charge on any atom is 0.221 e. The van der Waals surface area contributed by atoms with E-state index in [4.69, 9.17) is 5.73 Å². The highest BCUT2D eigenvalue weighted by molar-refractivity contribution is 5.90. The second kappa shape index (κ2) is 3.31. The normalized spacial score (nSPS) is 10.7. The third-order valence-electron chi connectivity index (χ3n) is 2.45. The smallest absolute Gasteiger partial charge is 0.221 e. The number of primary amides is 1. The number of nitrogens with one attached hydrogen (secondary N) is 1. The highest BCUT2D eigenvalue weighted by atomic mass is 16.3. The number of carbonyl (C=O) groups is 1. The van der Waals surface area contributed by atoms with Gasteiger partial charge in [-0.1, -0.05) is 0 Å². The second-order valence-electron chi connectivity index (χ2n) is 3.60. The molecule has 0 unspecified atom stereocenters. The number of aromatic hydroxyl groups is 1. The quantitative estimate of drug-likeness (QED) is 0.687. The first kappa shape index (κ1) is 9.58. The number of carbonyl (C=O) groups excluding carboxylic acids is 1. The van der Waals surface area contributed by atoms with Crippen LogP contribution in [0.2, 0.25) is 0 Å². The number of aryl methyl sites for hydroxylation is 1. The zero-order valence-corrected chi connectivity index (χ0v) is 8.37. The minimum Gasteiger partial charge on any atom is -0.508 e. The van der Waals surface area contributed by atoms with Crippen LogP contribution in [0.15, 0.2) is 18.2 Å². The van der Waals surface area contributed by atoms with Crippen LogP contribution in [0, 0.1) is 6.92 Å². The zero-order chi connectivity index (χ0) is 11.0. The van der Waals surface area contributed by atoms with Gasteiger partial charge in [0.2, 0.25) is 5.91 Å². The van der Waals surface area contributed by atoms with E-state index in [-0.39, 0.29) is 18.1 Å². The van der Waals surface area contributed by atoms with Crippen LogP contribution in [-0.4, -0.2) is 16.0 Å². The van der Waals surface area contributed by atoms with Gasteiger partial charge in [-0.2, -0.15) is 0 Å². The lowest BCUT2D eigenvalue weighted by Gasteiger charge is -1.97. The van der Waals surface area contributed by atoms with Crippen LogP contribution < -0.4 is 5.73 Å². The Kier molecular flexibility index (Phi) is 2.11. The third-order valence-corrected chi connectivity index (χ3v) is 2.45. The van der Waals surface area contributed by atoms with Crippen LogP contribution in [0.3, 0.4) is 0 Å². The summed E-state index contributed by atoms with van der Waals surface area (Å²) in [6.45, 7) is 1.88. The van der Waals surface area contributed by atoms with Gasteiger partial charge < -0.3 is 15.8 Å². The van der Waals surface area contributed by atoms with Gasteiger partial charge in [0, 0.05) is 16.6 Å². The first-order valence-corrected chi connectivity index (χ1v) is 4.66. The second-order valence-corrected chi connectivity index (χ2v) is 3.60. The van der Waals surface area contributed by atoms with Gasteiger partial charge in [0.15, 0.2) is 0 Å². The van der Waals surface area contributed by atoms with E-state index in [1.807, 2.05) is 6.92 Å².